The number of hydrogen-bond acceptors (Lipinski definition) is 5. The molecule has 0 spiro atoms. The zero-order chi connectivity index (χ0) is 19.1. The lowest BCUT2D eigenvalue weighted by Crippen LogP contribution is -2.46. The molecule has 1 aromatic carbocycles. The van der Waals surface area contributed by atoms with Crippen molar-refractivity contribution < 1.29 is 23.8 Å². The molecule has 27 heavy (non-hydrogen) atoms. The maximum Gasteiger partial charge on any atom is 0.409 e. The van der Waals surface area contributed by atoms with Gasteiger partial charge in [-0.05, 0) is 56.9 Å². The van der Waals surface area contributed by atoms with Gasteiger partial charge in [-0.2, -0.15) is 0 Å². The molecule has 0 aromatic heterocycles. The third-order valence-electron chi connectivity index (χ3n) is 4.93. The molecule has 148 valence electrons. The number of amides is 2. The Kier molecular flexibility index (Phi) is 6.92. The Morgan fingerprint density at radius 1 is 1.19 bits per heavy atom. The number of carbonyl (C=O) groups is 2. The van der Waals surface area contributed by atoms with Gasteiger partial charge in [0.25, 0.3) is 5.91 Å². The van der Waals surface area contributed by atoms with Crippen molar-refractivity contribution in [1.82, 2.24) is 10.2 Å². The quantitative estimate of drug-likeness (QED) is 0.826. The number of benzene rings is 1. The van der Waals surface area contributed by atoms with Crippen LogP contribution in [0.4, 0.5) is 4.79 Å². The van der Waals surface area contributed by atoms with E-state index in [0.29, 0.717) is 31.9 Å². The van der Waals surface area contributed by atoms with Gasteiger partial charge in [-0.25, -0.2) is 4.79 Å². The summed E-state index contributed by atoms with van der Waals surface area (Å²) in [7, 11) is 0. The molecule has 1 atom stereocenters. The second-order valence-corrected chi connectivity index (χ2v) is 6.90. The lowest BCUT2D eigenvalue weighted by Gasteiger charge is -2.31. The molecule has 2 aliphatic rings. The Hall–Kier alpha value is -2.28. The number of piperidine rings is 1. The van der Waals surface area contributed by atoms with E-state index in [4.69, 9.17) is 14.2 Å². The zero-order valence-electron chi connectivity index (χ0n) is 15.8. The standard InChI is InChI=1S/C20H28N2O5/c1-2-25-20(24)22-11-9-16(10-12-22)21-19(23)15-5-7-17(8-6-15)27-14-18-4-3-13-26-18/h5-8,16,18H,2-4,9-14H2,1H3,(H,21,23). The number of likely N-dealkylation sites (tertiary alicyclic amines) is 1. The molecule has 0 saturated carbocycles. The van der Waals surface area contributed by atoms with Crippen LogP contribution < -0.4 is 10.1 Å². The highest BCUT2D eigenvalue weighted by Gasteiger charge is 2.24. The molecular weight excluding hydrogens is 348 g/mol. The second-order valence-electron chi connectivity index (χ2n) is 6.90. The largest absolute Gasteiger partial charge is 0.491 e. The monoisotopic (exact) mass is 376 g/mol. The van der Waals surface area contributed by atoms with E-state index in [1.54, 1.807) is 24.0 Å². The Morgan fingerprint density at radius 3 is 2.56 bits per heavy atom. The van der Waals surface area contributed by atoms with E-state index in [0.717, 1.165) is 38.0 Å². The van der Waals surface area contributed by atoms with Gasteiger partial charge in [0.1, 0.15) is 12.4 Å². The van der Waals surface area contributed by atoms with Crippen molar-refractivity contribution in [2.45, 2.75) is 44.8 Å². The van der Waals surface area contributed by atoms with Gasteiger partial charge in [-0.1, -0.05) is 0 Å². The average molecular weight is 376 g/mol. The smallest absolute Gasteiger partial charge is 0.409 e. The van der Waals surface area contributed by atoms with Crippen LogP contribution in [-0.2, 0) is 9.47 Å². The summed E-state index contributed by atoms with van der Waals surface area (Å²) in [5.74, 6) is 0.639. The normalized spacial score (nSPS) is 20.3. The Morgan fingerprint density at radius 2 is 1.93 bits per heavy atom. The fourth-order valence-corrected chi connectivity index (χ4v) is 3.36. The number of nitrogens with zero attached hydrogens (tertiary/aromatic N) is 1. The Bertz CT molecular complexity index is 620. The summed E-state index contributed by atoms with van der Waals surface area (Å²) in [6.45, 7) is 4.72. The molecule has 2 fully saturated rings. The summed E-state index contributed by atoms with van der Waals surface area (Å²) in [6.07, 6.45) is 3.48. The van der Waals surface area contributed by atoms with Crippen molar-refractivity contribution in [1.29, 1.82) is 0 Å². The topological polar surface area (TPSA) is 77.1 Å². The molecule has 7 heteroatoms. The highest BCUT2D eigenvalue weighted by atomic mass is 16.6. The van der Waals surface area contributed by atoms with Crippen molar-refractivity contribution in [3.05, 3.63) is 29.8 Å². The third kappa shape index (κ3) is 5.60. The summed E-state index contributed by atoms with van der Waals surface area (Å²) in [6, 6.07) is 7.24. The highest BCUT2D eigenvalue weighted by molar-refractivity contribution is 5.94. The molecule has 0 aliphatic carbocycles. The van der Waals surface area contributed by atoms with E-state index in [-0.39, 0.29) is 24.1 Å². The number of rotatable bonds is 6. The summed E-state index contributed by atoms with van der Waals surface area (Å²) in [4.78, 5) is 25.8. The molecule has 1 aromatic rings. The number of ether oxygens (including phenoxy) is 3. The first kappa shape index (κ1) is 19.5. The van der Waals surface area contributed by atoms with Crippen LogP contribution in [-0.4, -0.2) is 62.0 Å². The van der Waals surface area contributed by atoms with E-state index < -0.39 is 0 Å². The molecular formula is C20H28N2O5. The number of hydrogen-bond donors (Lipinski definition) is 1. The molecule has 0 bridgehead atoms. The van der Waals surface area contributed by atoms with Crippen molar-refractivity contribution in [3.63, 3.8) is 0 Å². The van der Waals surface area contributed by atoms with Crippen LogP contribution in [0.5, 0.6) is 5.75 Å². The molecule has 2 saturated heterocycles. The molecule has 1 N–H and O–H groups in total. The van der Waals surface area contributed by atoms with Gasteiger partial charge in [-0.3, -0.25) is 4.79 Å². The van der Waals surface area contributed by atoms with E-state index in [1.807, 2.05) is 12.1 Å². The van der Waals surface area contributed by atoms with Crippen LogP contribution in [0.25, 0.3) is 0 Å². The van der Waals surface area contributed by atoms with E-state index in [9.17, 15) is 9.59 Å². The summed E-state index contributed by atoms with van der Waals surface area (Å²) < 4.78 is 16.3. The first-order chi connectivity index (χ1) is 13.2. The zero-order valence-corrected chi connectivity index (χ0v) is 15.8. The van der Waals surface area contributed by atoms with Gasteiger partial charge in [0.05, 0.1) is 12.7 Å². The fourth-order valence-electron chi connectivity index (χ4n) is 3.36. The van der Waals surface area contributed by atoms with Gasteiger partial charge < -0.3 is 24.4 Å². The van der Waals surface area contributed by atoms with Gasteiger partial charge in [0.15, 0.2) is 0 Å². The van der Waals surface area contributed by atoms with Gasteiger partial charge in [0, 0.05) is 31.3 Å². The van der Waals surface area contributed by atoms with Crippen LogP contribution >= 0.6 is 0 Å². The molecule has 2 aliphatic heterocycles. The first-order valence-corrected chi connectivity index (χ1v) is 9.72. The minimum absolute atomic E-state index is 0.0682. The molecule has 1 unspecified atom stereocenters. The predicted octanol–water partition coefficient (Wildman–Crippen LogP) is 2.60. The average Bonchev–Trinajstić information content (AvgIpc) is 3.21. The van der Waals surface area contributed by atoms with Crippen LogP contribution in [0.2, 0.25) is 0 Å². The minimum atomic E-state index is -0.277. The molecule has 0 radical (unpaired) electrons. The number of carbonyl (C=O) groups excluding carboxylic acids is 2. The van der Waals surface area contributed by atoms with Crippen molar-refractivity contribution in [3.8, 4) is 5.75 Å². The second kappa shape index (κ2) is 9.60. The summed E-state index contributed by atoms with van der Waals surface area (Å²) in [5, 5.41) is 3.04. The van der Waals surface area contributed by atoms with E-state index in [1.165, 1.54) is 0 Å². The first-order valence-electron chi connectivity index (χ1n) is 9.72. The third-order valence-corrected chi connectivity index (χ3v) is 4.93. The van der Waals surface area contributed by atoms with Crippen molar-refractivity contribution >= 4 is 12.0 Å². The maximum atomic E-state index is 12.4. The van der Waals surface area contributed by atoms with E-state index in [2.05, 4.69) is 5.32 Å². The van der Waals surface area contributed by atoms with Crippen LogP contribution in [0, 0.1) is 0 Å². The van der Waals surface area contributed by atoms with Gasteiger partial charge >= 0.3 is 6.09 Å². The lowest BCUT2D eigenvalue weighted by atomic mass is 10.0. The van der Waals surface area contributed by atoms with Gasteiger partial charge in [-0.15, -0.1) is 0 Å². The lowest BCUT2D eigenvalue weighted by molar-refractivity contribution is 0.0679. The minimum Gasteiger partial charge on any atom is -0.491 e. The predicted molar refractivity (Wildman–Crippen MR) is 100.0 cm³/mol. The SMILES string of the molecule is CCOC(=O)N1CCC(NC(=O)c2ccc(OCC3CCCO3)cc2)CC1. The molecule has 2 heterocycles. The molecule has 7 nitrogen and oxygen atoms in total. The Balaban J connectivity index is 1.42. The van der Waals surface area contributed by atoms with Crippen molar-refractivity contribution in [2.75, 3.05) is 32.9 Å². The molecule has 2 amide bonds. The maximum absolute atomic E-state index is 12.4. The van der Waals surface area contributed by atoms with Crippen LogP contribution in [0.15, 0.2) is 24.3 Å². The van der Waals surface area contributed by atoms with Crippen molar-refractivity contribution in [2.24, 2.45) is 0 Å². The summed E-state index contributed by atoms with van der Waals surface area (Å²) >= 11 is 0. The van der Waals surface area contributed by atoms with E-state index >= 15 is 0 Å². The summed E-state index contributed by atoms with van der Waals surface area (Å²) in [5.41, 5.74) is 0.604. The molecule has 3 rings (SSSR count). The highest BCUT2D eigenvalue weighted by Crippen LogP contribution is 2.17. The fraction of sp³-hybridized carbons (Fsp3) is 0.600. The van der Waals surface area contributed by atoms with Crippen LogP contribution in [0.3, 0.4) is 0 Å². The van der Waals surface area contributed by atoms with Gasteiger partial charge in [0.2, 0.25) is 0 Å². The number of nitrogens with one attached hydrogen (secondary N) is 1. The van der Waals surface area contributed by atoms with Crippen LogP contribution in [0.1, 0.15) is 43.0 Å². The Labute approximate surface area is 160 Å².